The molecule has 0 aliphatic carbocycles. The Kier molecular flexibility index (Phi) is 6.96. The van der Waals surface area contributed by atoms with E-state index >= 15 is 0 Å². The van der Waals surface area contributed by atoms with Crippen LogP contribution in [0.2, 0.25) is 0 Å². The summed E-state index contributed by atoms with van der Waals surface area (Å²) in [5, 5.41) is 3.40. The van der Waals surface area contributed by atoms with Crippen LogP contribution >= 0.6 is 0 Å². The SMILES string of the molecule is COc1ccccc1[Si](/C=C/c1ccccc1)(c1ccccc1OC)c1ccccc1OC. The monoisotopic (exact) mass is 452 g/mol. The minimum absolute atomic E-state index is 0.846. The van der Waals surface area contributed by atoms with Gasteiger partial charge in [0.15, 0.2) is 8.07 Å². The van der Waals surface area contributed by atoms with Crippen molar-refractivity contribution in [2.75, 3.05) is 21.3 Å². The molecule has 4 aromatic carbocycles. The molecule has 4 aromatic rings. The molecule has 0 saturated carbocycles. The minimum atomic E-state index is -2.86. The third-order valence-electron chi connectivity index (χ3n) is 5.92. The van der Waals surface area contributed by atoms with Crippen LogP contribution in [0, 0.1) is 0 Å². The third kappa shape index (κ3) is 4.30. The second kappa shape index (κ2) is 10.2. The maximum atomic E-state index is 5.91. The van der Waals surface area contributed by atoms with Crippen LogP contribution in [0.3, 0.4) is 0 Å². The molecule has 0 fully saturated rings. The van der Waals surface area contributed by atoms with Crippen LogP contribution in [0.5, 0.6) is 17.2 Å². The molecule has 0 bridgehead atoms. The van der Waals surface area contributed by atoms with Crippen molar-refractivity contribution in [2.45, 2.75) is 0 Å². The van der Waals surface area contributed by atoms with E-state index in [9.17, 15) is 0 Å². The van der Waals surface area contributed by atoms with Crippen molar-refractivity contribution in [3.05, 3.63) is 114 Å². The highest BCUT2D eigenvalue weighted by Gasteiger charge is 2.43. The van der Waals surface area contributed by atoms with Gasteiger partial charge in [0.25, 0.3) is 0 Å². The summed E-state index contributed by atoms with van der Waals surface area (Å²) >= 11 is 0. The molecular formula is C29H28O3Si. The largest absolute Gasteiger partial charge is 0.497 e. The summed E-state index contributed by atoms with van der Waals surface area (Å²) in [4.78, 5) is 0. The summed E-state index contributed by atoms with van der Waals surface area (Å²) in [6.07, 6.45) is 2.21. The van der Waals surface area contributed by atoms with Gasteiger partial charge in [0.1, 0.15) is 17.2 Å². The fraction of sp³-hybridized carbons (Fsp3) is 0.103. The summed E-state index contributed by atoms with van der Waals surface area (Å²) < 4.78 is 17.7. The van der Waals surface area contributed by atoms with Gasteiger partial charge < -0.3 is 14.2 Å². The van der Waals surface area contributed by atoms with E-state index in [-0.39, 0.29) is 0 Å². The zero-order valence-electron chi connectivity index (χ0n) is 19.2. The van der Waals surface area contributed by atoms with Crippen LogP contribution < -0.4 is 29.8 Å². The molecule has 0 saturated heterocycles. The number of rotatable bonds is 8. The van der Waals surface area contributed by atoms with Crippen LogP contribution in [-0.2, 0) is 0 Å². The Labute approximate surface area is 196 Å². The predicted octanol–water partition coefficient (Wildman–Crippen LogP) is 4.44. The lowest BCUT2D eigenvalue weighted by Crippen LogP contribution is -2.66. The van der Waals surface area contributed by atoms with Crippen molar-refractivity contribution in [3.63, 3.8) is 0 Å². The molecule has 0 aromatic heterocycles. The summed E-state index contributed by atoms with van der Waals surface area (Å²) in [5.41, 5.74) is 3.49. The molecule has 0 N–H and O–H groups in total. The summed E-state index contributed by atoms with van der Waals surface area (Å²) in [5.74, 6) is 2.54. The van der Waals surface area contributed by atoms with Crippen molar-refractivity contribution in [3.8, 4) is 17.2 Å². The number of hydrogen-bond acceptors (Lipinski definition) is 3. The van der Waals surface area contributed by atoms with Crippen LogP contribution in [0.1, 0.15) is 5.56 Å². The highest BCUT2D eigenvalue weighted by molar-refractivity contribution is 7.16. The zero-order valence-corrected chi connectivity index (χ0v) is 20.2. The average molecular weight is 453 g/mol. The van der Waals surface area contributed by atoms with Gasteiger partial charge in [-0.25, -0.2) is 0 Å². The summed E-state index contributed by atoms with van der Waals surface area (Å²) in [6.45, 7) is 0. The van der Waals surface area contributed by atoms with Crippen LogP contribution in [0.15, 0.2) is 109 Å². The van der Waals surface area contributed by atoms with E-state index < -0.39 is 8.07 Å². The zero-order chi connectivity index (χ0) is 23.1. The Hall–Kier alpha value is -3.76. The average Bonchev–Trinajstić information content (AvgIpc) is 2.90. The van der Waals surface area contributed by atoms with Crippen molar-refractivity contribution in [1.29, 1.82) is 0 Å². The predicted molar refractivity (Wildman–Crippen MR) is 139 cm³/mol. The molecule has 0 aliphatic heterocycles. The fourth-order valence-electron chi connectivity index (χ4n) is 4.40. The molecule has 166 valence electrons. The number of hydrogen-bond donors (Lipinski definition) is 0. The van der Waals surface area contributed by atoms with E-state index in [1.54, 1.807) is 21.3 Å². The first-order valence-corrected chi connectivity index (χ1v) is 13.0. The number of benzene rings is 4. The van der Waals surface area contributed by atoms with E-state index in [1.165, 1.54) is 0 Å². The van der Waals surface area contributed by atoms with E-state index in [2.05, 4.69) is 72.4 Å². The Morgan fingerprint density at radius 3 is 1.24 bits per heavy atom. The maximum absolute atomic E-state index is 5.91. The molecule has 0 unspecified atom stereocenters. The van der Waals surface area contributed by atoms with Gasteiger partial charge in [0.2, 0.25) is 0 Å². The van der Waals surface area contributed by atoms with E-state index in [1.807, 2.05) is 42.5 Å². The molecule has 0 amide bonds. The molecule has 0 aliphatic rings. The van der Waals surface area contributed by atoms with E-state index in [4.69, 9.17) is 14.2 Å². The number of ether oxygens (including phenoxy) is 3. The topological polar surface area (TPSA) is 27.7 Å². The molecule has 0 atom stereocenters. The maximum Gasteiger partial charge on any atom is 0.185 e. The van der Waals surface area contributed by atoms with Gasteiger partial charge >= 0.3 is 0 Å². The lowest BCUT2D eigenvalue weighted by molar-refractivity contribution is 0.415. The highest BCUT2D eigenvalue weighted by atomic mass is 28.3. The Bertz CT molecular complexity index is 1120. The van der Waals surface area contributed by atoms with Gasteiger partial charge in [-0.3, -0.25) is 0 Å². The summed E-state index contributed by atoms with van der Waals surface area (Å²) in [7, 11) is 2.32. The Balaban J connectivity index is 2.15. The second-order valence-electron chi connectivity index (χ2n) is 7.65. The van der Waals surface area contributed by atoms with Gasteiger partial charge in [-0.05, 0) is 39.3 Å². The van der Waals surface area contributed by atoms with Crippen LogP contribution in [0.25, 0.3) is 6.08 Å². The Morgan fingerprint density at radius 1 is 0.485 bits per heavy atom. The second-order valence-corrected chi connectivity index (χ2v) is 11.2. The minimum Gasteiger partial charge on any atom is -0.497 e. The molecule has 4 rings (SSSR count). The number of para-hydroxylation sites is 3. The van der Waals surface area contributed by atoms with Gasteiger partial charge in [-0.2, -0.15) is 0 Å². The van der Waals surface area contributed by atoms with Crippen molar-refractivity contribution >= 4 is 29.7 Å². The van der Waals surface area contributed by atoms with Gasteiger partial charge in [-0.15, -0.1) is 0 Å². The fourth-order valence-corrected chi connectivity index (χ4v) is 9.05. The van der Waals surface area contributed by atoms with Gasteiger partial charge in [0.05, 0.1) is 21.3 Å². The standard InChI is InChI=1S/C29H28O3Si/c1-30-24-15-7-10-18-27(24)33(22-21-23-13-5-4-6-14-23,28-19-11-8-16-25(28)31-2)29-20-12-9-17-26(29)32-3/h4-22H,1-3H3/b22-21+. The molecule has 0 heterocycles. The lowest BCUT2D eigenvalue weighted by Gasteiger charge is -2.34. The normalized spacial score (nSPS) is 11.4. The van der Waals surface area contributed by atoms with Crippen LogP contribution in [-0.4, -0.2) is 29.4 Å². The first-order chi connectivity index (χ1) is 16.2. The first kappa shape index (κ1) is 22.4. The van der Waals surface area contributed by atoms with Crippen molar-refractivity contribution < 1.29 is 14.2 Å². The van der Waals surface area contributed by atoms with Crippen LogP contribution in [0.4, 0.5) is 0 Å². The van der Waals surface area contributed by atoms with Crippen molar-refractivity contribution in [2.24, 2.45) is 0 Å². The Morgan fingerprint density at radius 2 is 0.848 bits per heavy atom. The quantitative estimate of drug-likeness (QED) is 0.292. The first-order valence-electron chi connectivity index (χ1n) is 10.9. The summed E-state index contributed by atoms with van der Waals surface area (Å²) in [6, 6.07) is 35.2. The molecule has 4 heteroatoms. The molecule has 0 radical (unpaired) electrons. The van der Waals surface area contributed by atoms with E-state index in [0.29, 0.717) is 0 Å². The lowest BCUT2D eigenvalue weighted by atomic mass is 10.2. The highest BCUT2D eigenvalue weighted by Crippen LogP contribution is 2.25. The number of methoxy groups -OCH3 is 3. The third-order valence-corrected chi connectivity index (χ3v) is 10.4. The van der Waals surface area contributed by atoms with Crippen molar-refractivity contribution in [1.82, 2.24) is 0 Å². The van der Waals surface area contributed by atoms with E-state index in [0.717, 1.165) is 38.4 Å². The molecular weight excluding hydrogens is 424 g/mol. The van der Waals surface area contributed by atoms with Gasteiger partial charge in [0, 0.05) is 0 Å². The molecule has 33 heavy (non-hydrogen) atoms. The molecule has 3 nitrogen and oxygen atoms in total. The molecule has 0 spiro atoms. The van der Waals surface area contributed by atoms with Gasteiger partial charge in [-0.1, -0.05) is 96.7 Å². The smallest absolute Gasteiger partial charge is 0.185 e.